The maximum absolute atomic E-state index is 11.4. The van der Waals surface area contributed by atoms with Crippen molar-refractivity contribution >= 4 is 40.2 Å². The molecule has 0 aliphatic carbocycles. The highest BCUT2D eigenvalue weighted by Gasteiger charge is 2.18. The summed E-state index contributed by atoms with van der Waals surface area (Å²) < 4.78 is 0. The molecular formula is C15H9ClN2O2S. The van der Waals surface area contributed by atoms with Gasteiger partial charge in [0.15, 0.2) is 5.69 Å². The number of hydrogen-bond donors (Lipinski definition) is 1. The van der Waals surface area contributed by atoms with E-state index in [-0.39, 0.29) is 5.69 Å². The monoisotopic (exact) mass is 316 g/mol. The molecule has 0 bridgehead atoms. The Morgan fingerprint density at radius 2 is 1.76 bits per heavy atom. The highest BCUT2D eigenvalue weighted by atomic mass is 35.5. The molecule has 104 valence electrons. The molecule has 0 fully saturated rings. The van der Waals surface area contributed by atoms with Crippen molar-refractivity contribution in [1.82, 2.24) is 10.2 Å². The third-order valence-corrected chi connectivity index (χ3v) is 4.51. The molecule has 0 radical (unpaired) electrons. The predicted octanol–water partition coefficient (Wildman–Crippen LogP) is 4.13. The number of carboxylic acids is 1. The molecule has 1 heterocycles. The summed E-state index contributed by atoms with van der Waals surface area (Å²) in [4.78, 5) is 12.7. The van der Waals surface area contributed by atoms with Crippen LogP contribution < -0.4 is 0 Å². The minimum Gasteiger partial charge on any atom is -0.476 e. The van der Waals surface area contributed by atoms with Crippen LogP contribution in [0.5, 0.6) is 0 Å². The number of carbonyl (C=O) groups is 1. The second-order valence-corrected chi connectivity index (χ2v) is 5.69. The zero-order valence-electron chi connectivity index (χ0n) is 10.7. The van der Waals surface area contributed by atoms with Crippen LogP contribution in [0.15, 0.2) is 58.3 Å². The number of aromatic nitrogens is 2. The molecule has 0 amide bonds. The summed E-state index contributed by atoms with van der Waals surface area (Å²) in [6.07, 6.45) is 0. The number of hydrogen-bond acceptors (Lipinski definition) is 4. The van der Waals surface area contributed by atoms with Crippen LogP contribution in [0.3, 0.4) is 0 Å². The fraction of sp³-hybridized carbons (Fsp3) is 0. The van der Waals surface area contributed by atoms with Gasteiger partial charge in [-0.1, -0.05) is 53.7 Å². The number of benzene rings is 2. The van der Waals surface area contributed by atoms with E-state index in [2.05, 4.69) is 10.2 Å². The summed E-state index contributed by atoms with van der Waals surface area (Å²) >= 11 is 7.44. The minimum atomic E-state index is -1.11. The first-order chi connectivity index (χ1) is 10.2. The van der Waals surface area contributed by atoms with Crippen molar-refractivity contribution in [1.29, 1.82) is 0 Å². The van der Waals surface area contributed by atoms with Gasteiger partial charge in [-0.05, 0) is 18.2 Å². The Labute approximate surface area is 129 Å². The minimum absolute atomic E-state index is 0.0707. The number of carboxylic acid groups (broad SMARTS) is 1. The molecule has 0 aliphatic rings. The second kappa shape index (κ2) is 5.71. The van der Waals surface area contributed by atoms with Crippen LogP contribution in [-0.2, 0) is 0 Å². The zero-order chi connectivity index (χ0) is 14.8. The Morgan fingerprint density at radius 3 is 2.52 bits per heavy atom. The Morgan fingerprint density at radius 1 is 1.05 bits per heavy atom. The Kier molecular flexibility index (Phi) is 3.77. The fourth-order valence-corrected chi connectivity index (χ4v) is 3.20. The first kappa shape index (κ1) is 13.9. The van der Waals surface area contributed by atoms with E-state index in [9.17, 15) is 9.90 Å². The van der Waals surface area contributed by atoms with E-state index in [1.54, 1.807) is 12.1 Å². The van der Waals surface area contributed by atoms with Gasteiger partial charge < -0.3 is 5.11 Å². The summed E-state index contributed by atoms with van der Waals surface area (Å²) in [5, 5.41) is 18.4. The number of aromatic carboxylic acids is 1. The summed E-state index contributed by atoms with van der Waals surface area (Å²) in [6.45, 7) is 0. The Bertz CT molecular complexity index is 839. The van der Waals surface area contributed by atoms with Crippen LogP contribution >= 0.6 is 23.4 Å². The largest absolute Gasteiger partial charge is 0.476 e. The standard InChI is InChI=1S/C15H9ClN2O2S/c16-10-6-2-4-8-12(10)21-14-9-5-1-3-7-11(9)17-18-13(14)15(19)20/h1-8H,(H,19,20). The third kappa shape index (κ3) is 2.70. The molecule has 0 atom stereocenters. The first-order valence-electron chi connectivity index (χ1n) is 6.08. The van der Waals surface area contributed by atoms with Crippen LogP contribution in [0.2, 0.25) is 5.02 Å². The number of rotatable bonds is 3. The van der Waals surface area contributed by atoms with Crippen molar-refractivity contribution in [2.24, 2.45) is 0 Å². The van der Waals surface area contributed by atoms with Crippen molar-refractivity contribution in [3.63, 3.8) is 0 Å². The van der Waals surface area contributed by atoms with Crippen molar-refractivity contribution in [3.8, 4) is 0 Å². The van der Waals surface area contributed by atoms with Crippen molar-refractivity contribution < 1.29 is 9.90 Å². The van der Waals surface area contributed by atoms with Gasteiger partial charge >= 0.3 is 5.97 Å². The van der Waals surface area contributed by atoms with E-state index in [1.165, 1.54) is 11.8 Å². The highest BCUT2D eigenvalue weighted by Crippen LogP contribution is 2.37. The Hall–Kier alpha value is -2.11. The fourth-order valence-electron chi connectivity index (χ4n) is 1.91. The lowest BCUT2D eigenvalue weighted by Gasteiger charge is -2.09. The van der Waals surface area contributed by atoms with Gasteiger partial charge in [0, 0.05) is 10.3 Å². The molecule has 0 saturated heterocycles. The van der Waals surface area contributed by atoms with E-state index in [1.807, 2.05) is 36.4 Å². The molecular weight excluding hydrogens is 308 g/mol. The van der Waals surface area contributed by atoms with Crippen LogP contribution in [-0.4, -0.2) is 21.3 Å². The zero-order valence-corrected chi connectivity index (χ0v) is 12.2. The van der Waals surface area contributed by atoms with Crippen LogP contribution in [0.25, 0.3) is 10.9 Å². The SMILES string of the molecule is O=C(O)c1nnc2ccccc2c1Sc1ccccc1Cl. The van der Waals surface area contributed by atoms with E-state index < -0.39 is 5.97 Å². The quantitative estimate of drug-likeness (QED) is 0.787. The third-order valence-electron chi connectivity index (χ3n) is 2.87. The lowest BCUT2D eigenvalue weighted by molar-refractivity contribution is 0.0685. The topological polar surface area (TPSA) is 63.1 Å². The summed E-state index contributed by atoms with van der Waals surface area (Å²) in [5.74, 6) is -1.11. The molecule has 1 aromatic heterocycles. The molecule has 0 aliphatic heterocycles. The van der Waals surface area contributed by atoms with Crippen molar-refractivity contribution in [2.75, 3.05) is 0 Å². The van der Waals surface area contributed by atoms with Crippen LogP contribution in [0.1, 0.15) is 10.5 Å². The Balaban J connectivity index is 2.21. The lowest BCUT2D eigenvalue weighted by Crippen LogP contribution is -2.05. The maximum atomic E-state index is 11.4. The smallest absolute Gasteiger partial charge is 0.357 e. The van der Waals surface area contributed by atoms with E-state index >= 15 is 0 Å². The van der Waals surface area contributed by atoms with Gasteiger partial charge in [-0.15, -0.1) is 10.2 Å². The van der Waals surface area contributed by atoms with E-state index in [0.717, 1.165) is 10.3 Å². The average molecular weight is 317 g/mol. The normalized spacial score (nSPS) is 10.7. The molecule has 4 nitrogen and oxygen atoms in total. The van der Waals surface area contributed by atoms with Gasteiger partial charge in [0.2, 0.25) is 0 Å². The molecule has 0 unspecified atom stereocenters. The number of halogens is 1. The van der Waals surface area contributed by atoms with E-state index in [4.69, 9.17) is 11.6 Å². The van der Waals surface area contributed by atoms with Gasteiger partial charge in [-0.2, -0.15) is 0 Å². The van der Waals surface area contributed by atoms with Gasteiger partial charge in [-0.25, -0.2) is 4.79 Å². The summed E-state index contributed by atoms with van der Waals surface area (Å²) in [6, 6.07) is 14.6. The number of nitrogens with zero attached hydrogens (tertiary/aromatic N) is 2. The van der Waals surface area contributed by atoms with Crippen molar-refractivity contribution in [3.05, 3.63) is 59.2 Å². The predicted molar refractivity (Wildman–Crippen MR) is 82.1 cm³/mol. The summed E-state index contributed by atoms with van der Waals surface area (Å²) in [7, 11) is 0. The van der Waals surface area contributed by atoms with Crippen molar-refractivity contribution in [2.45, 2.75) is 9.79 Å². The van der Waals surface area contributed by atoms with Gasteiger partial charge in [0.25, 0.3) is 0 Å². The molecule has 2 aromatic carbocycles. The highest BCUT2D eigenvalue weighted by molar-refractivity contribution is 7.99. The van der Waals surface area contributed by atoms with E-state index in [0.29, 0.717) is 15.4 Å². The molecule has 0 saturated carbocycles. The van der Waals surface area contributed by atoms with Crippen LogP contribution in [0, 0.1) is 0 Å². The number of fused-ring (bicyclic) bond motifs is 1. The summed E-state index contributed by atoms with van der Waals surface area (Å²) in [5.41, 5.74) is 0.579. The molecule has 3 rings (SSSR count). The molecule has 6 heteroatoms. The molecule has 21 heavy (non-hydrogen) atoms. The molecule has 3 aromatic rings. The maximum Gasteiger partial charge on any atom is 0.357 e. The first-order valence-corrected chi connectivity index (χ1v) is 7.27. The average Bonchev–Trinajstić information content (AvgIpc) is 2.49. The molecule has 0 spiro atoms. The van der Waals surface area contributed by atoms with Gasteiger partial charge in [0.05, 0.1) is 15.4 Å². The molecule has 1 N–H and O–H groups in total. The second-order valence-electron chi connectivity index (χ2n) is 4.23. The van der Waals surface area contributed by atoms with Gasteiger partial charge in [-0.3, -0.25) is 0 Å². The van der Waals surface area contributed by atoms with Crippen LogP contribution in [0.4, 0.5) is 0 Å². The van der Waals surface area contributed by atoms with Gasteiger partial charge in [0.1, 0.15) is 0 Å². The lowest BCUT2D eigenvalue weighted by atomic mass is 10.2.